The Hall–Kier alpha value is -1.96. The van der Waals surface area contributed by atoms with E-state index in [-0.39, 0.29) is 6.54 Å². The molecule has 7 heteroatoms. The standard InChI is InChI=1S/C16H16N2O3S2/c1-11-8-15(22-10-11)23(19,20)17-9-14-12(2)16(21-18-14)13-6-4-3-5-7-13/h3-8,10,17H,9H2,1-2H3. The van der Waals surface area contributed by atoms with Crippen molar-refractivity contribution in [2.45, 2.75) is 24.6 Å². The summed E-state index contributed by atoms with van der Waals surface area (Å²) in [7, 11) is -3.52. The molecule has 3 aromatic rings. The largest absolute Gasteiger partial charge is 0.356 e. The highest BCUT2D eigenvalue weighted by molar-refractivity contribution is 7.91. The van der Waals surface area contributed by atoms with Crippen LogP contribution in [0.2, 0.25) is 0 Å². The summed E-state index contributed by atoms with van der Waals surface area (Å²) in [6.45, 7) is 3.84. The molecule has 0 saturated heterocycles. The van der Waals surface area contributed by atoms with Crippen LogP contribution in [0.1, 0.15) is 16.8 Å². The Morgan fingerprint density at radius 2 is 1.96 bits per heavy atom. The fourth-order valence-electron chi connectivity index (χ4n) is 2.17. The molecule has 5 nitrogen and oxygen atoms in total. The van der Waals surface area contributed by atoms with Crippen LogP contribution in [0, 0.1) is 13.8 Å². The summed E-state index contributed by atoms with van der Waals surface area (Å²) in [5, 5.41) is 5.80. The quantitative estimate of drug-likeness (QED) is 0.766. The number of benzene rings is 1. The van der Waals surface area contributed by atoms with Gasteiger partial charge in [0.25, 0.3) is 0 Å². The summed E-state index contributed by atoms with van der Waals surface area (Å²) in [6, 6.07) is 11.3. The molecule has 0 aliphatic carbocycles. The van der Waals surface area contributed by atoms with E-state index >= 15 is 0 Å². The van der Waals surface area contributed by atoms with Crippen LogP contribution in [-0.2, 0) is 16.6 Å². The monoisotopic (exact) mass is 348 g/mol. The SMILES string of the molecule is Cc1csc(S(=O)(=O)NCc2noc(-c3ccccc3)c2C)c1. The second-order valence-corrected chi connectivity index (χ2v) is 8.12. The van der Waals surface area contributed by atoms with Crippen LogP contribution in [0.3, 0.4) is 0 Å². The third-order valence-corrected chi connectivity index (χ3v) is 6.42. The molecule has 0 aliphatic heterocycles. The summed E-state index contributed by atoms with van der Waals surface area (Å²) in [4.78, 5) is 0. The van der Waals surface area contributed by atoms with Crippen molar-refractivity contribution in [2.75, 3.05) is 0 Å². The molecule has 2 heterocycles. The zero-order chi connectivity index (χ0) is 16.4. The van der Waals surface area contributed by atoms with E-state index in [4.69, 9.17) is 4.52 Å². The number of sulfonamides is 1. The molecule has 3 rings (SSSR count). The van der Waals surface area contributed by atoms with Gasteiger partial charge in [-0.1, -0.05) is 35.5 Å². The second kappa shape index (κ2) is 6.27. The molecule has 120 valence electrons. The first-order valence-electron chi connectivity index (χ1n) is 7.03. The molecule has 0 atom stereocenters. The highest BCUT2D eigenvalue weighted by Crippen LogP contribution is 2.26. The first-order chi connectivity index (χ1) is 11.0. The molecule has 1 aromatic carbocycles. The van der Waals surface area contributed by atoms with E-state index < -0.39 is 10.0 Å². The van der Waals surface area contributed by atoms with Gasteiger partial charge >= 0.3 is 0 Å². The van der Waals surface area contributed by atoms with Crippen molar-refractivity contribution >= 4 is 21.4 Å². The first kappa shape index (κ1) is 15.9. The predicted octanol–water partition coefficient (Wildman–Crippen LogP) is 3.50. The molecular formula is C16H16N2O3S2. The van der Waals surface area contributed by atoms with Crippen LogP contribution in [-0.4, -0.2) is 13.6 Å². The lowest BCUT2D eigenvalue weighted by atomic mass is 10.1. The van der Waals surface area contributed by atoms with E-state index in [0.717, 1.165) is 16.7 Å². The van der Waals surface area contributed by atoms with Gasteiger partial charge in [0.1, 0.15) is 9.90 Å². The van der Waals surface area contributed by atoms with Gasteiger partial charge < -0.3 is 4.52 Å². The minimum atomic E-state index is -3.52. The Kier molecular flexibility index (Phi) is 4.34. The van der Waals surface area contributed by atoms with E-state index in [2.05, 4.69) is 9.88 Å². The van der Waals surface area contributed by atoms with Crippen LogP contribution in [0.15, 0.2) is 50.5 Å². The summed E-state index contributed by atoms with van der Waals surface area (Å²) in [6.07, 6.45) is 0. The summed E-state index contributed by atoms with van der Waals surface area (Å²) in [5.41, 5.74) is 3.27. The Bertz CT molecular complexity index is 912. The van der Waals surface area contributed by atoms with Crippen molar-refractivity contribution in [1.82, 2.24) is 9.88 Å². The molecule has 2 aromatic heterocycles. The molecule has 0 aliphatic rings. The Balaban J connectivity index is 1.78. The van der Waals surface area contributed by atoms with Gasteiger partial charge in [-0.2, -0.15) is 0 Å². The molecule has 23 heavy (non-hydrogen) atoms. The summed E-state index contributed by atoms with van der Waals surface area (Å²) in [5.74, 6) is 0.659. The number of nitrogens with one attached hydrogen (secondary N) is 1. The zero-order valence-corrected chi connectivity index (χ0v) is 14.4. The number of nitrogens with zero attached hydrogens (tertiary/aromatic N) is 1. The molecule has 0 radical (unpaired) electrons. The number of thiophene rings is 1. The normalized spacial score (nSPS) is 11.7. The number of aromatic nitrogens is 1. The lowest BCUT2D eigenvalue weighted by Gasteiger charge is -2.03. The molecule has 0 unspecified atom stereocenters. The summed E-state index contributed by atoms with van der Waals surface area (Å²) >= 11 is 1.20. The van der Waals surface area contributed by atoms with E-state index in [9.17, 15) is 8.42 Å². The fourth-order valence-corrected chi connectivity index (χ4v) is 4.43. The maximum Gasteiger partial charge on any atom is 0.250 e. The number of rotatable bonds is 5. The van der Waals surface area contributed by atoms with Gasteiger partial charge in [-0.3, -0.25) is 0 Å². The number of aryl methyl sites for hydroxylation is 1. The van der Waals surface area contributed by atoms with E-state index in [1.165, 1.54) is 11.3 Å². The van der Waals surface area contributed by atoms with Gasteiger partial charge in [-0.05, 0) is 30.9 Å². The van der Waals surface area contributed by atoms with Gasteiger partial charge in [0.05, 0.1) is 6.54 Å². The zero-order valence-electron chi connectivity index (χ0n) is 12.7. The third-order valence-electron chi connectivity index (χ3n) is 3.46. The van der Waals surface area contributed by atoms with Gasteiger partial charge in [-0.15, -0.1) is 11.3 Å². The highest BCUT2D eigenvalue weighted by Gasteiger charge is 2.19. The second-order valence-electron chi connectivity index (χ2n) is 5.22. The fraction of sp³-hybridized carbons (Fsp3) is 0.188. The molecule has 1 N–H and O–H groups in total. The van der Waals surface area contributed by atoms with Crippen LogP contribution < -0.4 is 4.72 Å². The summed E-state index contributed by atoms with van der Waals surface area (Å²) < 4.78 is 32.7. The third kappa shape index (κ3) is 3.36. The van der Waals surface area contributed by atoms with Crippen LogP contribution in [0.4, 0.5) is 0 Å². The van der Waals surface area contributed by atoms with E-state index in [0.29, 0.717) is 15.7 Å². The molecule has 0 fully saturated rings. The van der Waals surface area contributed by atoms with Gasteiger partial charge in [0, 0.05) is 11.1 Å². The minimum Gasteiger partial charge on any atom is -0.356 e. The number of hydrogen-bond donors (Lipinski definition) is 1. The van der Waals surface area contributed by atoms with Gasteiger partial charge in [0.15, 0.2) is 5.76 Å². The highest BCUT2D eigenvalue weighted by atomic mass is 32.2. The van der Waals surface area contributed by atoms with Crippen molar-refractivity contribution in [2.24, 2.45) is 0 Å². The average molecular weight is 348 g/mol. The lowest BCUT2D eigenvalue weighted by molar-refractivity contribution is 0.422. The predicted molar refractivity (Wildman–Crippen MR) is 89.8 cm³/mol. The molecule has 0 amide bonds. The van der Waals surface area contributed by atoms with Crippen LogP contribution in [0.25, 0.3) is 11.3 Å². The maximum absolute atomic E-state index is 12.2. The maximum atomic E-state index is 12.2. The van der Waals surface area contributed by atoms with E-state index in [1.54, 1.807) is 6.07 Å². The van der Waals surface area contributed by atoms with Crippen LogP contribution >= 0.6 is 11.3 Å². The minimum absolute atomic E-state index is 0.0987. The van der Waals surface area contributed by atoms with Crippen molar-refractivity contribution in [3.05, 3.63) is 58.6 Å². The average Bonchev–Trinajstić information content (AvgIpc) is 3.13. The molecular weight excluding hydrogens is 332 g/mol. The van der Waals surface area contributed by atoms with Crippen LogP contribution in [0.5, 0.6) is 0 Å². The van der Waals surface area contributed by atoms with Crippen molar-refractivity contribution < 1.29 is 12.9 Å². The number of hydrogen-bond acceptors (Lipinski definition) is 5. The van der Waals surface area contributed by atoms with E-state index in [1.807, 2.05) is 49.6 Å². The molecule has 0 saturated carbocycles. The molecule has 0 spiro atoms. The lowest BCUT2D eigenvalue weighted by Crippen LogP contribution is -2.22. The van der Waals surface area contributed by atoms with Gasteiger partial charge in [0.2, 0.25) is 10.0 Å². The van der Waals surface area contributed by atoms with Crippen molar-refractivity contribution in [3.63, 3.8) is 0 Å². The van der Waals surface area contributed by atoms with Crippen molar-refractivity contribution in [1.29, 1.82) is 0 Å². The first-order valence-corrected chi connectivity index (χ1v) is 9.39. The Morgan fingerprint density at radius 3 is 2.61 bits per heavy atom. The molecule has 0 bridgehead atoms. The van der Waals surface area contributed by atoms with Gasteiger partial charge in [-0.25, -0.2) is 13.1 Å². The smallest absolute Gasteiger partial charge is 0.250 e. The topological polar surface area (TPSA) is 72.2 Å². The Morgan fingerprint density at radius 1 is 1.22 bits per heavy atom. The van der Waals surface area contributed by atoms with Crippen molar-refractivity contribution in [3.8, 4) is 11.3 Å². The Labute approximate surface area is 139 Å².